The quantitative estimate of drug-likeness (QED) is 0.262. The van der Waals surface area contributed by atoms with Gasteiger partial charge in [-0.3, -0.25) is 14.7 Å². The number of amides is 1. The Hall–Kier alpha value is -2.53. The van der Waals surface area contributed by atoms with Crippen LogP contribution >= 0.6 is 10.7 Å². The number of alkyl halides is 4. The van der Waals surface area contributed by atoms with Gasteiger partial charge in [-0.15, -0.1) is 10.7 Å². The van der Waals surface area contributed by atoms with E-state index in [9.17, 15) is 22.4 Å². The van der Waals surface area contributed by atoms with E-state index in [1.807, 2.05) is 23.4 Å². The van der Waals surface area contributed by atoms with E-state index in [0.29, 0.717) is 30.0 Å². The van der Waals surface area contributed by atoms with Crippen molar-refractivity contribution in [3.05, 3.63) is 58.2 Å². The predicted molar refractivity (Wildman–Crippen MR) is 146 cm³/mol. The summed E-state index contributed by atoms with van der Waals surface area (Å²) in [5, 5.41) is 1.82. The number of nitrogens with one attached hydrogen (secondary N) is 1. The van der Waals surface area contributed by atoms with Crippen LogP contribution < -0.4 is 9.46 Å². The molecule has 3 aliphatic rings. The summed E-state index contributed by atoms with van der Waals surface area (Å²) in [5.41, 5.74) is -0.850. The van der Waals surface area contributed by atoms with Crippen LogP contribution in [0.4, 0.5) is 22.0 Å². The van der Waals surface area contributed by atoms with E-state index in [2.05, 4.69) is 9.71 Å². The Balaban J connectivity index is 1.22. The number of carbonyl (C=O) groups is 1. The molecule has 0 bridgehead atoms. The van der Waals surface area contributed by atoms with Gasteiger partial charge in [-0.25, -0.2) is 8.78 Å². The molecule has 1 atom stereocenters. The molecule has 11 heteroatoms. The van der Waals surface area contributed by atoms with Crippen molar-refractivity contribution < 1.29 is 31.5 Å². The van der Waals surface area contributed by atoms with Crippen molar-refractivity contribution in [2.75, 3.05) is 26.0 Å². The Bertz CT molecular complexity index is 1300. The Morgan fingerprint density at radius 2 is 1.82 bits per heavy atom. The summed E-state index contributed by atoms with van der Waals surface area (Å²) < 4.78 is 79.5. The van der Waals surface area contributed by atoms with Gasteiger partial charge in [0.05, 0.1) is 16.8 Å². The monoisotopic (exact) mass is 583 g/mol. The maximum Gasteiger partial charge on any atom is 0.416 e. The Labute approximate surface area is 233 Å². The van der Waals surface area contributed by atoms with E-state index in [1.54, 1.807) is 0 Å². The van der Waals surface area contributed by atoms with Gasteiger partial charge in [-0.2, -0.15) is 13.2 Å². The number of ether oxygens (including phenoxy) is 1. The van der Waals surface area contributed by atoms with Crippen molar-refractivity contribution in [3.8, 4) is 5.75 Å². The van der Waals surface area contributed by atoms with Gasteiger partial charge in [0, 0.05) is 37.3 Å². The zero-order valence-electron chi connectivity index (χ0n) is 22.6. The third-order valence-electron chi connectivity index (χ3n) is 7.81. The van der Waals surface area contributed by atoms with Gasteiger partial charge in [0.1, 0.15) is 23.8 Å². The number of aromatic nitrogens is 1. The number of benzene rings is 1. The van der Waals surface area contributed by atoms with Crippen molar-refractivity contribution in [2.24, 2.45) is 0 Å². The second kappa shape index (κ2) is 11.4. The number of carbonyl (C=O) groups excluding carboxylic acids is 1. The lowest BCUT2D eigenvalue weighted by Gasteiger charge is -2.36. The van der Waals surface area contributed by atoms with E-state index in [-0.39, 0.29) is 49.1 Å². The molecule has 1 aliphatic heterocycles. The molecular formula is C29H34F5N3O2S. The summed E-state index contributed by atoms with van der Waals surface area (Å²) in [6.45, 7) is 2.45. The lowest BCUT2D eigenvalue weighted by atomic mass is 9.94. The highest BCUT2D eigenvalue weighted by Gasteiger charge is 2.38. The van der Waals surface area contributed by atoms with Crippen LogP contribution in [0.1, 0.15) is 90.2 Å². The van der Waals surface area contributed by atoms with Crippen LogP contribution in [-0.2, 0) is 12.7 Å². The van der Waals surface area contributed by atoms with Crippen LogP contribution in [0.3, 0.4) is 0 Å². The normalized spacial score (nSPS) is 20.4. The van der Waals surface area contributed by atoms with Gasteiger partial charge in [-0.1, -0.05) is 0 Å². The summed E-state index contributed by atoms with van der Waals surface area (Å²) in [6, 6.07) is 4.94. The lowest BCUT2D eigenvalue weighted by molar-refractivity contribution is -0.137. The fourth-order valence-corrected chi connectivity index (χ4v) is 5.50. The molecule has 1 saturated heterocycles. The van der Waals surface area contributed by atoms with E-state index in [0.717, 1.165) is 37.8 Å². The smallest absolute Gasteiger partial charge is 0.416 e. The number of piperidine rings is 1. The number of rotatable bonds is 9. The molecule has 0 radical (unpaired) electrons. The van der Waals surface area contributed by atoms with Crippen molar-refractivity contribution in [1.82, 2.24) is 14.6 Å². The summed E-state index contributed by atoms with van der Waals surface area (Å²) >= 11 is 0. The Morgan fingerprint density at radius 3 is 2.42 bits per heavy atom. The molecular weight excluding hydrogens is 549 g/mol. The average molecular weight is 584 g/mol. The summed E-state index contributed by atoms with van der Waals surface area (Å²) in [4.78, 5) is 18.9. The van der Waals surface area contributed by atoms with Crippen LogP contribution in [0.15, 0.2) is 24.3 Å². The number of likely N-dealkylation sites (tertiary alicyclic amines) is 1. The van der Waals surface area contributed by atoms with E-state index < -0.39 is 39.8 Å². The molecule has 1 aromatic heterocycles. The average Bonchev–Trinajstić information content (AvgIpc) is 3.81. The maximum absolute atomic E-state index is 15.7. The van der Waals surface area contributed by atoms with Crippen molar-refractivity contribution in [1.29, 1.82) is 0 Å². The molecule has 3 fully saturated rings. The minimum atomic E-state index is -4.44. The topological polar surface area (TPSA) is 54.5 Å². The number of halogens is 5. The third kappa shape index (κ3) is 7.02. The van der Waals surface area contributed by atoms with Crippen molar-refractivity contribution in [3.63, 3.8) is 0 Å². The van der Waals surface area contributed by atoms with Crippen LogP contribution in [0.5, 0.6) is 5.75 Å². The molecule has 218 valence electrons. The first-order valence-electron chi connectivity index (χ1n) is 13.6. The zero-order chi connectivity index (χ0) is 28.7. The standard InChI is InChI=1S/C29H34F5N3O2S/c1-3-40(2)36-27(38)23-14-22(18-4-5-18)26(15-24(23)30)39-17-28(31)8-10-37(11-9-28)16-21-12-20(29(32,33)34)13-25(35-21)19-6-7-19/h3,12-15,18-19H,4-11,16-17H2,1-2H3,(H,36,38). The van der Waals surface area contributed by atoms with E-state index in [1.165, 1.54) is 12.1 Å². The lowest BCUT2D eigenvalue weighted by Crippen LogP contribution is -2.44. The first-order chi connectivity index (χ1) is 18.9. The Kier molecular flexibility index (Phi) is 8.25. The van der Waals surface area contributed by atoms with Gasteiger partial charge in [0.15, 0.2) is 0 Å². The van der Waals surface area contributed by atoms with Gasteiger partial charge < -0.3 is 9.46 Å². The van der Waals surface area contributed by atoms with Crippen LogP contribution in [-0.4, -0.2) is 52.8 Å². The number of nitrogens with zero attached hydrogens (tertiary/aromatic N) is 2. The van der Waals surface area contributed by atoms with E-state index in [4.69, 9.17) is 4.74 Å². The van der Waals surface area contributed by atoms with Gasteiger partial charge >= 0.3 is 6.18 Å². The fourth-order valence-electron chi connectivity index (χ4n) is 4.98. The molecule has 2 aromatic rings. The van der Waals surface area contributed by atoms with Crippen molar-refractivity contribution >= 4 is 21.9 Å². The molecule has 2 aliphatic carbocycles. The Morgan fingerprint density at radius 1 is 1.15 bits per heavy atom. The molecule has 1 aromatic carbocycles. The second-order valence-corrected chi connectivity index (χ2v) is 12.9. The highest BCUT2D eigenvalue weighted by molar-refractivity contribution is 8.13. The first kappa shape index (κ1) is 29.0. The SMILES string of the molecule is C/C=S(\C)NC(=O)c1cc(C2CC2)c(OCC2(F)CCN(Cc3cc(C(F)(F)F)cc(C4CC4)n3)CC2)cc1F. The fraction of sp³-hybridized carbons (Fsp3) is 0.552. The van der Waals surface area contributed by atoms with Crippen molar-refractivity contribution in [2.45, 2.75) is 75.7 Å². The summed E-state index contributed by atoms with van der Waals surface area (Å²) in [5.74, 6) is -0.715. The summed E-state index contributed by atoms with van der Waals surface area (Å²) in [6.07, 6.45) is 1.13. The highest BCUT2D eigenvalue weighted by atomic mass is 32.2. The minimum absolute atomic E-state index is 0.0493. The molecule has 5 nitrogen and oxygen atoms in total. The highest BCUT2D eigenvalue weighted by Crippen LogP contribution is 2.46. The van der Waals surface area contributed by atoms with Gasteiger partial charge in [0.25, 0.3) is 5.91 Å². The number of hydrogen-bond donors (Lipinski definition) is 1. The molecule has 40 heavy (non-hydrogen) atoms. The molecule has 2 heterocycles. The minimum Gasteiger partial charge on any atom is -0.490 e. The van der Waals surface area contributed by atoms with Gasteiger partial charge in [-0.05, 0) is 86.8 Å². The zero-order valence-corrected chi connectivity index (χ0v) is 23.4. The molecule has 0 spiro atoms. The number of pyridine rings is 1. The molecule has 1 unspecified atom stereocenters. The first-order valence-corrected chi connectivity index (χ1v) is 15.3. The van der Waals surface area contributed by atoms with E-state index >= 15 is 4.39 Å². The van der Waals surface area contributed by atoms with Crippen LogP contribution in [0, 0.1) is 5.82 Å². The molecule has 2 saturated carbocycles. The maximum atomic E-state index is 15.7. The third-order valence-corrected chi connectivity index (χ3v) is 9.03. The predicted octanol–water partition coefficient (Wildman–Crippen LogP) is 6.74. The molecule has 1 N–H and O–H groups in total. The number of hydrogen-bond acceptors (Lipinski definition) is 4. The van der Waals surface area contributed by atoms with Gasteiger partial charge in [0.2, 0.25) is 0 Å². The van der Waals surface area contributed by atoms with Crippen LogP contribution in [0.25, 0.3) is 0 Å². The second-order valence-electron chi connectivity index (χ2n) is 11.1. The largest absolute Gasteiger partial charge is 0.490 e. The summed E-state index contributed by atoms with van der Waals surface area (Å²) in [7, 11) is -0.487. The molecule has 5 rings (SSSR count). The molecule has 1 amide bonds. The van der Waals surface area contributed by atoms with Crippen LogP contribution in [0.2, 0.25) is 0 Å².